The minimum atomic E-state index is -0.203. The van der Waals surface area contributed by atoms with Crippen molar-refractivity contribution in [1.82, 2.24) is 14.7 Å². The van der Waals surface area contributed by atoms with Crippen LogP contribution in [0, 0.1) is 17.2 Å². The Morgan fingerprint density at radius 1 is 1.38 bits per heavy atom. The predicted molar refractivity (Wildman–Crippen MR) is 92.5 cm³/mol. The van der Waals surface area contributed by atoms with E-state index in [1.54, 1.807) is 11.3 Å². The minimum Gasteiger partial charge on any atom is -0.396 e. The zero-order chi connectivity index (χ0) is 16.9. The molecule has 2 aliphatic heterocycles. The van der Waals surface area contributed by atoms with Gasteiger partial charge in [-0.15, -0.1) is 11.3 Å². The molecular weight excluding hydrogens is 324 g/mol. The summed E-state index contributed by atoms with van der Waals surface area (Å²) < 4.78 is 0. The molecule has 1 N–H and O–H groups in total. The molecule has 7 heteroatoms. The van der Waals surface area contributed by atoms with Crippen LogP contribution >= 0.6 is 11.3 Å². The second-order valence-corrected chi connectivity index (χ2v) is 7.52. The molecule has 0 saturated carbocycles. The van der Waals surface area contributed by atoms with Crippen LogP contribution in [0.5, 0.6) is 0 Å². The number of amides is 1. The van der Waals surface area contributed by atoms with Crippen LogP contribution < -0.4 is 0 Å². The Morgan fingerprint density at radius 3 is 2.75 bits per heavy atom. The highest BCUT2D eigenvalue weighted by atomic mass is 32.1. The smallest absolute Gasteiger partial charge is 0.236 e. The van der Waals surface area contributed by atoms with E-state index >= 15 is 0 Å². The maximum atomic E-state index is 12.5. The minimum absolute atomic E-state index is 0.165. The van der Waals surface area contributed by atoms with Crippen LogP contribution in [0.4, 0.5) is 0 Å². The van der Waals surface area contributed by atoms with E-state index in [1.807, 2.05) is 22.4 Å². The van der Waals surface area contributed by atoms with Crippen molar-refractivity contribution in [1.29, 1.82) is 5.26 Å². The molecule has 0 bridgehead atoms. The van der Waals surface area contributed by atoms with Crippen molar-refractivity contribution >= 4 is 17.2 Å². The summed E-state index contributed by atoms with van der Waals surface area (Å²) in [5.74, 6) is 0.481. The quantitative estimate of drug-likeness (QED) is 0.851. The number of hydrogen-bond acceptors (Lipinski definition) is 6. The van der Waals surface area contributed by atoms with Crippen molar-refractivity contribution in [3.05, 3.63) is 22.4 Å². The molecule has 3 rings (SSSR count). The van der Waals surface area contributed by atoms with Crippen molar-refractivity contribution in [3.8, 4) is 6.07 Å². The SMILES string of the molecule is N#CC(c1cccs1)N1CCN(C(=O)CN2CCC(CO)C2)CC1. The third-order valence-electron chi connectivity index (χ3n) is 4.95. The topological polar surface area (TPSA) is 70.8 Å². The normalized spacial score (nSPS) is 24.0. The molecule has 1 amide bonds. The van der Waals surface area contributed by atoms with E-state index in [2.05, 4.69) is 15.9 Å². The van der Waals surface area contributed by atoms with Gasteiger partial charge in [-0.05, 0) is 30.3 Å². The van der Waals surface area contributed by atoms with E-state index in [4.69, 9.17) is 0 Å². The molecule has 0 aromatic carbocycles. The summed E-state index contributed by atoms with van der Waals surface area (Å²) in [6.07, 6.45) is 0.974. The third-order valence-corrected chi connectivity index (χ3v) is 5.88. The molecule has 2 unspecified atom stereocenters. The van der Waals surface area contributed by atoms with Crippen LogP contribution in [0.1, 0.15) is 17.3 Å². The van der Waals surface area contributed by atoms with Gasteiger partial charge in [-0.2, -0.15) is 5.26 Å². The van der Waals surface area contributed by atoms with E-state index in [-0.39, 0.29) is 18.6 Å². The maximum Gasteiger partial charge on any atom is 0.236 e. The lowest BCUT2D eigenvalue weighted by atomic mass is 10.1. The molecule has 2 fully saturated rings. The Balaban J connectivity index is 1.48. The Bertz CT molecular complexity index is 578. The largest absolute Gasteiger partial charge is 0.396 e. The molecule has 0 aliphatic carbocycles. The van der Waals surface area contributed by atoms with Crippen LogP contribution in [0.3, 0.4) is 0 Å². The van der Waals surface area contributed by atoms with Crippen molar-refractivity contribution < 1.29 is 9.90 Å². The molecule has 1 aromatic heterocycles. The lowest BCUT2D eigenvalue weighted by Gasteiger charge is -2.37. The van der Waals surface area contributed by atoms with Crippen LogP contribution in [-0.4, -0.2) is 78.1 Å². The van der Waals surface area contributed by atoms with Crippen molar-refractivity contribution in [3.63, 3.8) is 0 Å². The van der Waals surface area contributed by atoms with Crippen LogP contribution in [0.2, 0.25) is 0 Å². The number of carbonyl (C=O) groups is 1. The summed E-state index contributed by atoms with van der Waals surface area (Å²) in [6, 6.07) is 6.16. The average molecular weight is 348 g/mol. The van der Waals surface area contributed by atoms with Crippen LogP contribution in [0.25, 0.3) is 0 Å². The van der Waals surface area contributed by atoms with Crippen molar-refractivity contribution in [2.75, 3.05) is 52.4 Å². The lowest BCUT2D eigenvalue weighted by molar-refractivity contribution is -0.134. The fourth-order valence-corrected chi connectivity index (χ4v) is 4.30. The maximum absolute atomic E-state index is 12.5. The van der Waals surface area contributed by atoms with E-state index < -0.39 is 0 Å². The van der Waals surface area contributed by atoms with Gasteiger partial charge in [-0.1, -0.05) is 6.07 Å². The van der Waals surface area contributed by atoms with E-state index in [0.29, 0.717) is 25.6 Å². The number of nitrogens with zero attached hydrogens (tertiary/aromatic N) is 4. The van der Waals surface area contributed by atoms with Gasteiger partial charge in [0.25, 0.3) is 0 Å². The molecule has 0 spiro atoms. The van der Waals surface area contributed by atoms with Gasteiger partial charge in [0.1, 0.15) is 6.04 Å². The Morgan fingerprint density at radius 2 is 2.17 bits per heavy atom. The second kappa shape index (κ2) is 8.08. The molecule has 2 atom stereocenters. The number of piperazine rings is 1. The average Bonchev–Trinajstić information content (AvgIpc) is 3.28. The summed E-state index contributed by atoms with van der Waals surface area (Å²) in [4.78, 5) is 19.7. The van der Waals surface area contributed by atoms with E-state index in [9.17, 15) is 15.2 Å². The second-order valence-electron chi connectivity index (χ2n) is 6.54. The van der Waals surface area contributed by atoms with Gasteiger partial charge in [-0.25, -0.2) is 0 Å². The van der Waals surface area contributed by atoms with Gasteiger partial charge in [-0.3, -0.25) is 14.6 Å². The highest BCUT2D eigenvalue weighted by Gasteiger charge is 2.29. The summed E-state index contributed by atoms with van der Waals surface area (Å²) in [5, 5.41) is 20.7. The molecule has 6 nitrogen and oxygen atoms in total. The number of carbonyl (C=O) groups excluding carboxylic acids is 1. The number of likely N-dealkylation sites (tertiary alicyclic amines) is 1. The van der Waals surface area contributed by atoms with Gasteiger partial charge in [0.2, 0.25) is 5.91 Å². The summed E-state index contributed by atoms with van der Waals surface area (Å²) >= 11 is 1.61. The Kier molecular flexibility index (Phi) is 5.85. The fraction of sp³-hybridized carbons (Fsp3) is 0.647. The van der Waals surface area contributed by atoms with Crippen LogP contribution in [-0.2, 0) is 4.79 Å². The number of nitriles is 1. The highest BCUT2D eigenvalue weighted by Crippen LogP contribution is 2.25. The Labute approximate surface area is 146 Å². The highest BCUT2D eigenvalue weighted by molar-refractivity contribution is 7.10. The predicted octanol–water partition coefficient (Wildman–Crippen LogP) is 0.771. The van der Waals surface area contributed by atoms with Crippen molar-refractivity contribution in [2.45, 2.75) is 12.5 Å². The number of aliphatic hydroxyl groups excluding tert-OH is 1. The third kappa shape index (κ3) is 3.95. The molecule has 2 saturated heterocycles. The number of thiophene rings is 1. The molecule has 24 heavy (non-hydrogen) atoms. The van der Waals surface area contributed by atoms with Gasteiger partial charge < -0.3 is 10.0 Å². The van der Waals surface area contributed by atoms with Gasteiger partial charge in [0.15, 0.2) is 0 Å². The number of rotatable bonds is 5. The molecule has 0 radical (unpaired) electrons. The first kappa shape index (κ1) is 17.4. The standard InChI is InChI=1S/C17H24N4O2S/c18-10-15(16-2-1-9-24-16)20-5-7-21(8-6-20)17(23)12-19-4-3-14(11-19)13-22/h1-2,9,14-15,22H,3-8,11-13H2. The summed E-state index contributed by atoms with van der Waals surface area (Å²) in [6.45, 7) is 5.20. The first-order valence-corrected chi connectivity index (χ1v) is 9.37. The molecular formula is C17H24N4O2S. The van der Waals surface area contributed by atoms with Gasteiger partial charge in [0, 0.05) is 44.2 Å². The molecule has 2 aliphatic rings. The molecule has 130 valence electrons. The first-order valence-electron chi connectivity index (χ1n) is 8.49. The van der Waals surface area contributed by atoms with E-state index in [0.717, 1.165) is 37.5 Å². The lowest BCUT2D eigenvalue weighted by Crippen LogP contribution is -2.51. The fourth-order valence-electron chi connectivity index (χ4n) is 3.50. The molecule has 1 aromatic rings. The van der Waals surface area contributed by atoms with E-state index in [1.165, 1.54) is 0 Å². The van der Waals surface area contributed by atoms with Gasteiger partial charge in [0.05, 0.1) is 12.6 Å². The zero-order valence-electron chi connectivity index (χ0n) is 13.8. The molecule has 3 heterocycles. The monoisotopic (exact) mass is 348 g/mol. The zero-order valence-corrected chi connectivity index (χ0v) is 14.6. The number of aliphatic hydroxyl groups is 1. The number of hydrogen-bond donors (Lipinski definition) is 1. The van der Waals surface area contributed by atoms with Crippen molar-refractivity contribution in [2.24, 2.45) is 5.92 Å². The Hall–Kier alpha value is -1.46. The summed E-state index contributed by atoms with van der Waals surface area (Å²) in [7, 11) is 0. The first-order chi connectivity index (χ1) is 11.7. The van der Waals surface area contributed by atoms with Gasteiger partial charge >= 0.3 is 0 Å². The van der Waals surface area contributed by atoms with Crippen LogP contribution in [0.15, 0.2) is 17.5 Å². The summed E-state index contributed by atoms with van der Waals surface area (Å²) in [5.41, 5.74) is 0.